The van der Waals surface area contributed by atoms with E-state index in [2.05, 4.69) is 16.8 Å². The van der Waals surface area contributed by atoms with Gasteiger partial charge in [0.05, 0.1) is 17.6 Å². The number of fused-ring (bicyclic) bond motifs is 2. The number of rotatable bonds is 8. The normalized spacial score (nSPS) is 15.1. The average molecular weight is 556 g/mol. The molecule has 0 atom stereocenters. The van der Waals surface area contributed by atoms with E-state index in [1.165, 1.54) is 0 Å². The van der Waals surface area contributed by atoms with E-state index in [4.69, 9.17) is 4.42 Å². The molecule has 4 heterocycles. The number of furan rings is 1. The van der Waals surface area contributed by atoms with Crippen LogP contribution in [0.15, 0.2) is 64.4 Å². The highest BCUT2D eigenvalue weighted by Crippen LogP contribution is 2.39. The maximum Gasteiger partial charge on any atom is 0.294 e. The second-order valence-electron chi connectivity index (χ2n) is 11.3. The van der Waals surface area contributed by atoms with Crippen LogP contribution >= 0.6 is 0 Å². The minimum atomic E-state index is -1.16. The number of hydrogen-bond acceptors (Lipinski definition) is 6. The summed E-state index contributed by atoms with van der Waals surface area (Å²) in [5.74, 6) is -0.436. The first kappa shape index (κ1) is 28.3. The Labute approximate surface area is 240 Å². The van der Waals surface area contributed by atoms with Crippen LogP contribution in [-0.4, -0.2) is 46.4 Å². The minimum absolute atomic E-state index is 0.148. The van der Waals surface area contributed by atoms with Crippen LogP contribution in [0.1, 0.15) is 43.0 Å². The summed E-state index contributed by atoms with van der Waals surface area (Å²) in [5.41, 5.74) is 4.73. The lowest BCUT2D eigenvalue weighted by Crippen LogP contribution is -2.47. The molecule has 4 aromatic rings. The molecule has 214 valence electrons. The molecule has 0 spiro atoms. The van der Waals surface area contributed by atoms with Crippen molar-refractivity contribution < 1.29 is 14.0 Å². The van der Waals surface area contributed by atoms with Gasteiger partial charge in [0.15, 0.2) is 5.58 Å². The van der Waals surface area contributed by atoms with Crippen molar-refractivity contribution in [3.63, 3.8) is 0 Å². The Morgan fingerprint density at radius 1 is 0.976 bits per heavy atom. The van der Waals surface area contributed by atoms with Gasteiger partial charge in [-0.15, -0.1) is 0 Å². The highest BCUT2D eigenvalue weighted by atomic mass is 16.3. The smallest absolute Gasteiger partial charge is 0.294 e. The van der Waals surface area contributed by atoms with Crippen LogP contribution < -0.4 is 15.4 Å². The lowest BCUT2D eigenvalue weighted by atomic mass is 9.90. The van der Waals surface area contributed by atoms with Crippen molar-refractivity contribution in [3.05, 3.63) is 87.8 Å². The van der Waals surface area contributed by atoms with Crippen LogP contribution in [0.5, 0.6) is 0 Å². The van der Waals surface area contributed by atoms with Crippen molar-refractivity contribution in [2.24, 2.45) is 5.41 Å². The maximum atomic E-state index is 13.3. The van der Waals surface area contributed by atoms with Gasteiger partial charge in [0.2, 0.25) is 11.8 Å². The third kappa shape index (κ3) is 5.17. The van der Waals surface area contributed by atoms with E-state index in [1.807, 2.05) is 56.6 Å². The van der Waals surface area contributed by atoms with Crippen molar-refractivity contribution in [3.8, 4) is 0 Å². The summed E-state index contributed by atoms with van der Waals surface area (Å²) in [5, 5.41) is 0.834. The summed E-state index contributed by atoms with van der Waals surface area (Å²) in [7, 11) is 1.73. The summed E-state index contributed by atoms with van der Waals surface area (Å²) in [4.78, 5) is 49.6. The second-order valence-corrected chi connectivity index (χ2v) is 11.3. The van der Waals surface area contributed by atoms with Crippen LogP contribution in [0.2, 0.25) is 0 Å². The Kier molecular flexibility index (Phi) is 7.57. The van der Waals surface area contributed by atoms with Gasteiger partial charge in [0.1, 0.15) is 5.41 Å². The standard InChI is InChI=1S/C32H37N5O4/c1-7-37-26-9-8-23(16-27(26)34(6)30(39)32(4,5)31(37)40)19-35(20-24-17-33-12-10-21(24)2)13-14-36-18-22(3)25-11-15-41-28(25)29(36)38/h8-12,15-18H,7,13-14,19-20H2,1-6H3. The van der Waals surface area contributed by atoms with E-state index in [0.717, 1.165) is 33.3 Å². The van der Waals surface area contributed by atoms with Gasteiger partial charge >= 0.3 is 0 Å². The first-order valence-electron chi connectivity index (χ1n) is 13.9. The fourth-order valence-corrected chi connectivity index (χ4v) is 5.61. The van der Waals surface area contributed by atoms with Crippen LogP contribution in [0.4, 0.5) is 11.4 Å². The topological polar surface area (TPSA) is 91.9 Å². The Balaban J connectivity index is 1.47. The minimum Gasteiger partial charge on any atom is -0.459 e. The molecule has 1 aliphatic rings. The number of pyridine rings is 2. The number of amides is 2. The van der Waals surface area contributed by atoms with Crippen LogP contribution in [0.3, 0.4) is 0 Å². The van der Waals surface area contributed by atoms with Crippen molar-refractivity contribution in [1.29, 1.82) is 0 Å². The summed E-state index contributed by atoms with van der Waals surface area (Å²) < 4.78 is 7.20. The molecule has 0 bridgehead atoms. The fourth-order valence-electron chi connectivity index (χ4n) is 5.61. The van der Waals surface area contributed by atoms with Gasteiger partial charge in [-0.1, -0.05) is 6.07 Å². The highest BCUT2D eigenvalue weighted by molar-refractivity contribution is 6.19. The number of hydrogen-bond donors (Lipinski definition) is 0. The van der Waals surface area contributed by atoms with Gasteiger partial charge in [0.25, 0.3) is 5.56 Å². The number of aryl methyl sites for hydroxylation is 2. The predicted octanol–water partition coefficient (Wildman–Crippen LogP) is 4.66. The molecule has 2 amide bonds. The second kappa shape index (κ2) is 11.0. The number of anilines is 2. The molecule has 0 unspecified atom stereocenters. The molecule has 5 rings (SSSR count). The van der Waals surface area contributed by atoms with Crippen molar-refractivity contribution in [1.82, 2.24) is 14.5 Å². The molecule has 0 saturated heterocycles. The molecule has 9 heteroatoms. The fraction of sp³-hybridized carbons (Fsp3) is 0.375. The summed E-state index contributed by atoms with van der Waals surface area (Å²) >= 11 is 0. The molecule has 1 aliphatic heterocycles. The molecule has 0 saturated carbocycles. The lowest BCUT2D eigenvalue weighted by Gasteiger charge is -2.27. The maximum absolute atomic E-state index is 13.3. The first-order valence-corrected chi connectivity index (χ1v) is 13.9. The van der Waals surface area contributed by atoms with Crippen molar-refractivity contribution in [2.45, 2.75) is 54.3 Å². The van der Waals surface area contributed by atoms with Crippen LogP contribution in [-0.2, 0) is 29.2 Å². The largest absolute Gasteiger partial charge is 0.459 e. The monoisotopic (exact) mass is 555 g/mol. The van der Waals surface area contributed by atoms with Gasteiger partial charge < -0.3 is 18.8 Å². The third-order valence-electron chi connectivity index (χ3n) is 8.13. The van der Waals surface area contributed by atoms with E-state index in [0.29, 0.717) is 44.0 Å². The molecule has 1 aromatic carbocycles. The first-order chi connectivity index (χ1) is 19.5. The zero-order valence-electron chi connectivity index (χ0n) is 24.6. The summed E-state index contributed by atoms with van der Waals surface area (Å²) in [6.07, 6.45) is 7.10. The van der Waals surface area contributed by atoms with E-state index in [9.17, 15) is 14.4 Å². The Morgan fingerprint density at radius 2 is 1.76 bits per heavy atom. The zero-order valence-corrected chi connectivity index (χ0v) is 24.6. The Bertz CT molecular complexity index is 1690. The number of nitrogens with zero attached hydrogens (tertiary/aromatic N) is 5. The number of benzene rings is 1. The third-order valence-corrected chi connectivity index (χ3v) is 8.13. The number of aromatic nitrogens is 2. The Hall–Kier alpha value is -4.24. The summed E-state index contributed by atoms with van der Waals surface area (Å²) in [6, 6.07) is 9.76. The van der Waals surface area contributed by atoms with Crippen molar-refractivity contribution >= 4 is 34.2 Å². The molecule has 3 aromatic heterocycles. The molecule has 9 nitrogen and oxygen atoms in total. The van der Waals surface area contributed by atoms with Crippen molar-refractivity contribution in [2.75, 3.05) is 29.9 Å². The quantitative estimate of drug-likeness (QED) is 0.294. The van der Waals surface area contributed by atoms with E-state index in [1.54, 1.807) is 47.7 Å². The Morgan fingerprint density at radius 3 is 2.49 bits per heavy atom. The van der Waals surface area contributed by atoms with Gasteiger partial charge in [-0.05, 0) is 81.1 Å². The molecular formula is C32H37N5O4. The van der Waals surface area contributed by atoms with Gasteiger partial charge in [-0.2, -0.15) is 0 Å². The number of carbonyl (C=O) groups is 2. The molecule has 0 aliphatic carbocycles. The van der Waals surface area contributed by atoms with Crippen LogP contribution in [0.25, 0.3) is 11.0 Å². The highest BCUT2D eigenvalue weighted by Gasteiger charge is 2.45. The molecule has 0 N–H and O–H groups in total. The van der Waals surface area contributed by atoms with Gasteiger partial charge in [0, 0.05) is 63.7 Å². The SMILES string of the molecule is CCN1C(=O)C(C)(C)C(=O)N(C)c2cc(CN(CCn3cc(C)c4ccoc4c3=O)Cc3cnccc3C)ccc21. The van der Waals surface area contributed by atoms with Gasteiger partial charge in [-0.25, -0.2) is 0 Å². The molecule has 0 fully saturated rings. The number of carbonyl (C=O) groups excluding carboxylic acids is 2. The molecule has 0 radical (unpaired) electrons. The van der Waals surface area contributed by atoms with E-state index in [-0.39, 0.29) is 17.4 Å². The van der Waals surface area contributed by atoms with E-state index < -0.39 is 5.41 Å². The predicted molar refractivity (Wildman–Crippen MR) is 160 cm³/mol. The zero-order chi connectivity index (χ0) is 29.5. The summed E-state index contributed by atoms with van der Waals surface area (Å²) in [6.45, 7) is 12.1. The molecular weight excluding hydrogens is 518 g/mol. The van der Waals surface area contributed by atoms with Crippen LogP contribution in [0, 0.1) is 19.3 Å². The molecule has 41 heavy (non-hydrogen) atoms. The lowest BCUT2D eigenvalue weighted by molar-refractivity contribution is -0.137. The van der Waals surface area contributed by atoms with Gasteiger partial charge in [-0.3, -0.25) is 24.3 Å². The average Bonchev–Trinajstić information content (AvgIpc) is 3.45. The van der Waals surface area contributed by atoms with E-state index >= 15 is 0 Å².